The maximum absolute atomic E-state index is 2.59. The summed E-state index contributed by atoms with van der Waals surface area (Å²) in [7, 11) is 0. The Hall–Kier alpha value is -9.38. The first kappa shape index (κ1) is 49.2. The Bertz CT molecular complexity index is 4660. The van der Waals surface area contributed by atoms with Gasteiger partial charge in [0.1, 0.15) is 0 Å². The highest BCUT2D eigenvalue weighted by Crippen LogP contribution is 2.54. The topological polar surface area (TPSA) is 15.3 Å². The molecular weight excluding hydrogens is 1020 g/mol. The summed E-state index contributed by atoms with van der Waals surface area (Å²) in [6.45, 7) is 4.38. The smallest absolute Gasteiger partial charge is 0.0641 e. The van der Waals surface area contributed by atoms with Crippen LogP contribution in [0.5, 0.6) is 0 Å². The predicted molar refractivity (Wildman–Crippen MR) is 357 cm³/mol. The van der Waals surface area contributed by atoms with Crippen LogP contribution in [-0.4, -0.2) is 8.80 Å². The minimum absolute atomic E-state index is 0.589. The summed E-state index contributed by atoms with van der Waals surface area (Å²) < 4.78 is 5.19. The molecule has 4 nitrogen and oxygen atoms in total. The molecule has 17 rings (SSSR count). The Kier molecular flexibility index (Phi) is 11.5. The summed E-state index contributed by atoms with van der Waals surface area (Å²) in [5.74, 6) is 1.18. The number of fused-ring (bicyclic) bond motifs is 12. The van der Waals surface area contributed by atoms with E-state index >= 15 is 0 Å². The molecule has 11 aromatic carbocycles. The van der Waals surface area contributed by atoms with Gasteiger partial charge in [-0.1, -0.05) is 195 Å². The fraction of sp³-hybridized carbons (Fsp3) is 0.175. The summed E-state index contributed by atoms with van der Waals surface area (Å²) in [6, 6.07) is 88.4. The highest BCUT2D eigenvalue weighted by Gasteiger charge is 2.30. The molecule has 2 aliphatic carbocycles. The summed E-state index contributed by atoms with van der Waals surface area (Å²) in [5, 5.41) is 10.1. The van der Waals surface area contributed by atoms with E-state index < -0.39 is 0 Å². The number of nitrogens with zero attached hydrogens (tertiary/aromatic N) is 4. The number of para-hydroxylation sites is 2. The largest absolute Gasteiger partial charge is 0.309 e. The maximum atomic E-state index is 2.59. The van der Waals surface area contributed by atoms with Gasteiger partial charge < -0.3 is 18.6 Å². The Labute approximate surface area is 491 Å². The van der Waals surface area contributed by atoms with Gasteiger partial charge in [0, 0.05) is 65.6 Å². The van der Waals surface area contributed by atoms with Crippen molar-refractivity contribution >= 4 is 110 Å². The van der Waals surface area contributed by atoms with E-state index in [4.69, 9.17) is 0 Å². The zero-order chi connectivity index (χ0) is 55.6. The van der Waals surface area contributed by atoms with E-state index in [1.165, 1.54) is 208 Å². The van der Waals surface area contributed by atoms with Crippen LogP contribution in [0.1, 0.15) is 98.3 Å². The molecule has 0 bridgehead atoms. The summed E-state index contributed by atoms with van der Waals surface area (Å²) >= 11 is 0. The molecule has 84 heavy (non-hydrogen) atoms. The molecule has 4 heterocycles. The lowest BCUT2D eigenvalue weighted by molar-refractivity contribution is 0.444. The molecular formula is C80H66N4. The van der Waals surface area contributed by atoms with Crippen molar-refractivity contribution in [2.75, 3.05) is 9.80 Å². The second-order valence-electron chi connectivity index (χ2n) is 24.6. The van der Waals surface area contributed by atoms with Gasteiger partial charge in [0.2, 0.25) is 0 Å². The van der Waals surface area contributed by atoms with Crippen molar-refractivity contribution in [3.05, 3.63) is 253 Å². The lowest BCUT2D eigenvalue weighted by Crippen LogP contribution is -2.13. The third-order valence-corrected chi connectivity index (χ3v) is 19.7. The Morgan fingerprint density at radius 3 is 1.11 bits per heavy atom. The van der Waals surface area contributed by atoms with Crippen LogP contribution in [0.3, 0.4) is 0 Å². The number of rotatable bonds is 10. The minimum atomic E-state index is 0.589. The zero-order valence-electron chi connectivity index (χ0n) is 48.0. The quantitative estimate of drug-likeness (QED) is 0.136. The van der Waals surface area contributed by atoms with Crippen molar-refractivity contribution < 1.29 is 0 Å². The van der Waals surface area contributed by atoms with Crippen LogP contribution < -0.4 is 9.80 Å². The van der Waals surface area contributed by atoms with Gasteiger partial charge in [-0.15, -0.1) is 0 Å². The summed E-state index contributed by atoms with van der Waals surface area (Å²) in [5.41, 5.74) is 24.9. The molecule has 0 N–H and O–H groups in total. The third kappa shape index (κ3) is 7.65. The molecule has 2 fully saturated rings. The van der Waals surface area contributed by atoms with Crippen molar-refractivity contribution in [3.63, 3.8) is 0 Å². The highest BCUT2D eigenvalue weighted by molar-refractivity contribution is 6.32. The molecule has 0 unspecified atom stereocenters. The molecule has 406 valence electrons. The fourth-order valence-electron chi connectivity index (χ4n) is 15.6. The van der Waals surface area contributed by atoms with E-state index in [0.29, 0.717) is 11.8 Å². The summed E-state index contributed by atoms with van der Waals surface area (Å²) in [4.78, 5) is 5.13. The van der Waals surface area contributed by atoms with E-state index in [1.54, 1.807) is 0 Å². The number of hydrogen-bond donors (Lipinski definition) is 0. The van der Waals surface area contributed by atoms with Crippen LogP contribution in [0.4, 0.5) is 34.1 Å². The van der Waals surface area contributed by atoms with Gasteiger partial charge in [0.15, 0.2) is 0 Å². The third-order valence-electron chi connectivity index (χ3n) is 19.7. The van der Waals surface area contributed by atoms with Crippen molar-refractivity contribution in [2.24, 2.45) is 0 Å². The van der Waals surface area contributed by atoms with Crippen LogP contribution in [-0.2, 0) is 0 Å². The summed E-state index contributed by atoms with van der Waals surface area (Å²) in [6.07, 6.45) is 13.0. The number of benzene rings is 11. The second-order valence-corrected chi connectivity index (χ2v) is 24.6. The predicted octanol–water partition coefficient (Wildman–Crippen LogP) is 23.0. The molecule has 4 heteroatoms. The molecule has 0 spiro atoms. The highest BCUT2D eigenvalue weighted by atomic mass is 15.2. The van der Waals surface area contributed by atoms with Crippen LogP contribution in [0.25, 0.3) is 98.4 Å². The van der Waals surface area contributed by atoms with Gasteiger partial charge in [0.25, 0.3) is 0 Å². The number of anilines is 6. The molecule has 0 saturated heterocycles. The lowest BCUT2D eigenvalue weighted by Gasteiger charge is -2.30. The van der Waals surface area contributed by atoms with Gasteiger partial charge in [-0.25, -0.2) is 0 Å². The normalized spacial score (nSPS) is 14.7. The molecule has 0 atom stereocenters. The molecule has 15 aromatic rings. The first-order valence-electron chi connectivity index (χ1n) is 31.0. The van der Waals surface area contributed by atoms with Gasteiger partial charge in [-0.05, 0) is 159 Å². The van der Waals surface area contributed by atoms with E-state index in [0.717, 1.165) is 11.4 Å². The van der Waals surface area contributed by atoms with Crippen molar-refractivity contribution in [3.8, 4) is 22.3 Å². The molecule has 0 aliphatic heterocycles. The van der Waals surface area contributed by atoms with E-state index in [2.05, 4.69) is 263 Å². The fourth-order valence-corrected chi connectivity index (χ4v) is 15.6. The van der Waals surface area contributed by atoms with Crippen LogP contribution in [0, 0.1) is 13.8 Å². The average Bonchev–Trinajstić information content (AvgIpc) is 1.56. The lowest BCUT2D eigenvalue weighted by atomic mass is 9.83. The monoisotopic (exact) mass is 1080 g/mol. The van der Waals surface area contributed by atoms with Crippen LogP contribution in [0.2, 0.25) is 0 Å². The maximum Gasteiger partial charge on any atom is 0.0641 e. The SMILES string of the molecule is Cc1ccc(N(c2ccc(C3CCCCC3)cc2-c2ccccc2)c2ccc3c4cc5c(cc4n4c6ccccc6c2c34)c2ccc(N(c3ccc(C)cc3)c3ccc(C4CCCCC4)cc3-c3ccccc3)c3c4ccccc4n5c23)cc1. The van der Waals surface area contributed by atoms with Crippen molar-refractivity contribution in [1.82, 2.24) is 8.80 Å². The van der Waals surface area contributed by atoms with E-state index in [-0.39, 0.29) is 0 Å². The van der Waals surface area contributed by atoms with Crippen LogP contribution >= 0.6 is 0 Å². The molecule has 0 radical (unpaired) electrons. The van der Waals surface area contributed by atoms with Crippen molar-refractivity contribution in [1.29, 1.82) is 0 Å². The minimum Gasteiger partial charge on any atom is -0.309 e. The molecule has 2 saturated carbocycles. The molecule has 2 aliphatic rings. The Morgan fingerprint density at radius 2 is 0.690 bits per heavy atom. The van der Waals surface area contributed by atoms with Crippen LogP contribution in [0.15, 0.2) is 231 Å². The van der Waals surface area contributed by atoms with Gasteiger partial charge in [0.05, 0.1) is 55.8 Å². The van der Waals surface area contributed by atoms with Gasteiger partial charge in [-0.2, -0.15) is 0 Å². The molecule has 4 aromatic heterocycles. The van der Waals surface area contributed by atoms with E-state index in [1.807, 2.05) is 0 Å². The standard InChI is InChI=1S/C80H66N4/c1-51-31-37-59(38-32-51)81(71-43-35-57(53-19-7-3-8-20-53)47-65(71)55-23-11-5-12-24-55)73-45-41-61-67-49-76-68(50-75(67)83-69-29-17-15-27-63(69)77(73)79(61)83)62-42-46-74(78-64-28-16-18-30-70(64)84(76)80(62)78)82(60-39-33-52(2)34-40-60)72-44-36-58(54-21-9-4-10-22-54)48-66(72)56-25-13-6-14-26-56/h5-6,11-18,23-50,53-54H,3-4,7-10,19-22H2,1-2H3. The second kappa shape index (κ2) is 19.6. The van der Waals surface area contributed by atoms with Gasteiger partial charge in [-0.3, -0.25) is 0 Å². The average molecular weight is 1080 g/mol. The zero-order valence-corrected chi connectivity index (χ0v) is 48.0. The van der Waals surface area contributed by atoms with E-state index in [9.17, 15) is 0 Å². The Morgan fingerprint density at radius 1 is 0.310 bits per heavy atom. The van der Waals surface area contributed by atoms with Crippen molar-refractivity contribution in [2.45, 2.75) is 89.9 Å². The number of aromatic nitrogens is 2. The van der Waals surface area contributed by atoms with Gasteiger partial charge >= 0.3 is 0 Å². The number of hydrogen-bond acceptors (Lipinski definition) is 2. The molecule has 0 amide bonds. The number of aryl methyl sites for hydroxylation is 2. The first-order valence-corrected chi connectivity index (χ1v) is 31.0. The first-order chi connectivity index (χ1) is 41.5. The Balaban J connectivity index is 0.906.